The fourth-order valence-electron chi connectivity index (χ4n) is 3.97. The van der Waals surface area contributed by atoms with Gasteiger partial charge in [-0.3, -0.25) is 9.69 Å². The van der Waals surface area contributed by atoms with Crippen molar-refractivity contribution in [1.82, 2.24) is 14.8 Å². The van der Waals surface area contributed by atoms with Crippen molar-refractivity contribution in [2.24, 2.45) is 5.92 Å². The minimum atomic E-state index is -5.08. The third kappa shape index (κ3) is 5.70. The molecule has 11 heteroatoms. The van der Waals surface area contributed by atoms with Crippen LogP contribution in [0.3, 0.4) is 0 Å². The second-order valence-electron chi connectivity index (χ2n) is 7.80. The zero-order valence-corrected chi connectivity index (χ0v) is 17.5. The van der Waals surface area contributed by atoms with Crippen molar-refractivity contribution in [3.63, 3.8) is 0 Å². The number of alkyl halides is 3. The molecule has 2 saturated heterocycles. The summed E-state index contributed by atoms with van der Waals surface area (Å²) in [6, 6.07) is 0.743. The summed E-state index contributed by atoms with van der Waals surface area (Å²) in [7, 11) is 0. The minimum absolute atomic E-state index is 0.0357. The van der Waals surface area contributed by atoms with Crippen molar-refractivity contribution in [3.8, 4) is 0 Å². The number of amides is 1. The lowest BCUT2D eigenvalue weighted by Crippen LogP contribution is -2.53. The van der Waals surface area contributed by atoms with Crippen LogP contribution in [0.5, 0.6) is 0 Å². The first kappa shape index (κ1) is 23.0. The Hall–Kier alpha value is -1.72. The molecule has 0 aromatic carbocycles. The number of carboxylic acids is 1. The number of ether oxygens (including phenoxy) is 1. The second-order valence-corrected chi connectivity index (χ2v) is 8.87. The van der Waals surface area contributed by atoms with Crippen LogP contribution in [0.15, 0.2) is 5.38 Å². The van der Waals surface area contributed by atoms with Gasteiger partial charge in [0.2, 0.25) is 5.91 Å². The normalized spacial score (nSPS) is 25.6. The molecule has 2 atom stereocenters. The van der Waals surface area contributed by atoms with Gasteiger partial charge in [0.1, 0.15) is 0 Å². The van der Waals surface area contributed by atoms with Gasteiger partial charge in [0.25, 0.3) is 0 Å². The van der Waals surface area contributed by atoms with Gasteiger partial charge in [-0.25, -0.2) is 9.78 Å². The Balaban J connectivity index is 0.000000318. The zero-order valence-electron chi connectivity index (χ0n) is 16.7. The molecule has 1 aliphatic carbocycles. The average molecular weight is 449 g/mol. The van der Waals surface area contributed by atoms with Gasteiger partial charge < -0.3 is 14.7 Å². The van der Waals surface area contributed by atoms with Gasteiger partial charge in [-0.1, -0.05) is 6.42 Å². The summed E-state index contributed by atoms with van der Waals surface area (Å²) in [4.78, 5) is 30.9. The second kappa shape index (κ2) is 9.61. The van der Waals surface area contributed by atoms with E-state index >= 15 is 0 Å². The van der Waals surface area contributed by atoms with Gasteiger partial charge in [-0.05, 0) is 32.7 Å². The molecule has 1 saturated carbocycles. The van der Waals surface area contributed by atoms with E-state index in [-0.39, 0.29) is 17.9 Å². The van der Waals surface area contributed by atoms with Crippen LogP contribution in [-0.2, 0) is 20.9 Å². The number of hydrogen-bond acceptors (Lipinski definition) is 6. The lowest BCUT2D eigenvalue weighted by molar-refractivity contribution is -0.192. The van der Waals surface area contributed by atoms with Crippen LogP contribution >= 0.6 is 11.3 Å². The molecule has 1 amide bonds. The SMILES string of the molecule is Cc1nc(CN2CCO[C@H]3CN(C4CCC4)CC[C@H]3C2=O)cs1.O=C(O)C(F)(F)F. The zero-order chi connectivity index (χ0) is 21.9. The smallest absolute Gasteiger partial charge is 0.475 e. The predicted octanol–water partition coefficient (Wildman–Crippen LogP) is 2.69. The quantitative estimate of drug-likeness (QED) is 0.764. The Bertz CT molecular complexity index is 754. The molecular weight excluding hydrogens is 423 g/mol. The van der Waals surface area contributed by atoms with Crippen molar-refractivity contribution < 1.29 is 32.6 Å². The van der Waals surface area contributed by atoms with Crippen LogP contribution in [0.2, 0.25) is 0 Å². The molecule has 2 aliphatic heterocycles. The van der Waals surface area contributed by atoms with E-state index in [1.807, 2.05) is 11.8 Å². The maximum atomic E-state index is 13.0. The van der Waals surface area contributed by atoms with Gasteiger partial charge in [0.05, 0.1) is 35.9 Å². The number of carbonyl (C=O) groups is 2. The van der Waals surface area contributed by atoms with E-state index in [1.165, 1.54) is 19.3 Å². The molecule has 168 valence electrons. The molecule has 3 fully saturated rings. The number of halogens is 3. The summed E-state index contributed by atoms with van der Waals surface area (Å²) in [6.07, 6.45) is -0.0666. The fourth-order valence-corrected chi connectivity index (χ4v) is 4.57. The number of aromatic nitrogens is 1. The highest BCUT2D eigenvalue weighted by Crippen LogP contribution is 2.32. The third-order valence-corrected chi connectivity index (χ3v) is 6.59. The standard InChI is InChI=1S/C17H25N3O2S.C2HF3O2/c1-12-18-13(11-23-12)9-20-7-8-22-16-10-19(14-3-2-4-14)6-5-15(16)17(20)21;3-2(4,5)1(6)7/h11,14-16H,2-10H2,1H3;(H,6,7)/t15-,16+;/m1./s1. The van der Waals surface area contributed by atoms with Crippen molar-refractivity contribution in [3.05, 3.63) is 16.1 Å². The Morgan fingerprint density at radius 3 is 2.57 bits per heavy atom. The molecule has 4 rings (SSSR count). The number of piperidine rings is 1. The molecule has 0 bridgehead atoms. The third-order valence-electron chi connectivity index (χ3n) is 5.77. The Morgan fingerprint density at radius 1 is 1.33 bits per heavy atom. The maximum absolute atomic E-state index is 13.0. The summed E-state index contributed by atoms with van der Waals surface area (Å²) in [6.45, 7) is 5.95. The fraction of sp³-hybridized carbons (Fsp3) is 0.737. The number of carbonyl (C=O) groups excluding carboxylic acids is 1. The predicted molar refractivity (Wildman–Crippen MR) is 103 cm³/mol. The highest BCUT2D eigenvalue weighted by atomic mass is 32.1. The summed E-state index contributed by atoms with van der Waals surface area (Å²) in [5.41, 5.74) is 1.01. The lowest BCUT2D eigenvalue weighted by Gasteiger charge is -2.44. The Morgan fingerprint density at radius 2 is 2.03 bits per heavy atom. The molecule has 1 N–H and O–H groups in total. The molecule has 3 heterocycles. The number of rotatable bonds is 3. The van der Waals surface area contributed by atoms with E-state index in [9.17, 15) is 18.0 Å². The van der Waals surface area contributed by atoms with Gasteiger partial charge in [0.15, 0.2) is 0 Å². The highest BCUT2D eigenvalue weighted by Gasteiger charge is 2.41. The molecule has 30 heavy (non-hydrogen) atoms. The Labute approximate surface area is 176 Å². The van der Waals surface area contributed by atoms with E-state index in [4.69, 9.17) is 14.6 Å². The molecule has 3 aliphatic rings. The minimum Gasteiger partial charge on any atom is -0.475 e. The van der Waals surface area contributed by atoms with Crippen LogP contribution in [0.25, 0.3) is 0 Å². The summed E-state index contributed by atoms with van der Waals surface area (Å²) in [5, 5.41) is 10.2. The number of hydrogen-bond donors (Lipinski definition) is 1. The van der Waals surface area contributed by atoms with Crippen LogP contribution in [0.4, 0.5) is 13.2 Å². The van der Waals surface area contributed by atoms with E-state index in [1.54, 1.807) is 11.3 Å². The molecule has 1 aromatic heterocycles. The Kier molecular flexibility index (Phi) is 7.35. The van der Waals surface area contributed by atoms with Crippen LogP contribution < -0.4 is 0 Å². The van der Waals surface area contributed by atoms with Gasteiger partial charge in [-0.2, -0.15) is 13.2 Å². The van der Waals surface area contributed by atoms with Crippen molar-refractivity contribution in [2.75, 3.05) is 26.2 Å². The van der Waals surface area contributed by atoms with Crippen LogP contribution in [0.1, 0.15) is 36.4 Å². The number of thiazole rings is 1. The van der Waals surface area contributed by atoms with E-state index in [2.05, 4.69) is 15.3 Å². The average Bonchev–Trinajstić information content (AvgIpc) is 2.97. The number of fused-ring (bicyclic) bond motifs is 1. The molecule has 0 spiro atoms. The number of carboxylic acid groups (broad SMARTS) is 1. The van der Waals surface area contributed by atoms with Gasteiger partial charge >= 0.3 is 12.1 Å². The van der Waals surface area contributed by atoms with Crippen LogP contribution in [-0.4, -0.2) is 76.3 Å². The number of aliphatic carboxylic acids is 1. The molecule has 0 radical (unpaired) electrons. The highest BCUT2D eigenvalue weighted by molar-refractivity contribution is 7.09. The number of aryl methyl sites for hydroxylation is 1. The monoisotopic (exact) mass is 449 g/mol. The summed E-state index contributed by atoms with van der Waals surface area (Å²) in [5.74, 6) is -2.45. The van der Waals surface area contributed by atoms with Crippen molar-refractivity contribution in [2.45, 2.75) is 57.5 Å². The first-order chi connectivity index (χ1) is 14.1. The van der Waals surface area contributed by atoms with E-state index in [0.29, 0.717) is 19.7 Å². The first-order valence-electron chi connectivity index (χ1n) is 10.0. The van der Waals surface area contributed by atoms with Gasteiger partial charge in [0, 0.05) is 24.5 Å². The summed E-state index contributed by atoms with van der Waals surface area (Å²) >= 11 is 1.65. The summed E-state index contributed by atoms with van der Waals surface area (Å²) < 4.78 is 37.8. The number of likely N-dealkylation sites (tertiary alicyclic amines) is 1. The number of nitrogens with zero attached hydrogens (tertiary/aromatic N) is 3. The molecular formula is C19H26F3N3O4S. The lowest BCUT2D eigenvalue weighted by atomic mass is 9.86. The molecule has 0 unspecified atom stereocenters. The first-order valence-corrected chi connectivity index (χ1v) is 10.9. The maximum Gasteiger partial charge on any atom is 0.490 e. The molecule has 7 nitrogen and oxygen atoms in total. The van der Waals surface area contributed by atoms with Crippen molar-refractivity contribution in [1.29, 1.82) is 0 Å². The van der Waals surface area contributed by atoms with Crippen LogP contribution in [0, 0.1) is 12.8 Å². The van der Waals surface area contributed by atoms with E-state index in [0.717, 1.165) is 36.3 Å². The largest absolute Gasteiger partial charge is 0.490 e. The van der Waals surface area contributed by atoms with Crippen molar-refractivity contribution >= 4 is 23.2 Å². The van der Waals surface area contributed by atoms with E-state index < -0.39 is 12.1 Å². The van der Waals surface area contributed by atoms with Gasteiger partial charge in [-0.15, -0.1) is 11.3 Å². The topological polar surface area (TPSA) is 83.0 Å². The molecule has 1 aromatic rings.